The zero-order chi connectivity index (χ0) is 21.4. The second-order valence-corrected chi connectivity index (χ2v) is 7.49. The normalized spacial score (nSPS) is 13.8. The van der Waals surface area contributed by atoms with E-state index in [0.717, 1.165) is 0 Å². The molecule has 0 aromatic heterocycles. The molecule has 0 aliphatic carbocycles. The predicted octanol–water partition coefficient (Wildman–Crippen LogP) is 4.26. The lowest BCUT2D eigenvalue weighted by Crippen LogP contribution is -2.43. The molecule has 2 unspecified atom stereocenters. The predicted molar refractivity (Wildman–Crippen MR) is 111 cm³/mol. The number of hydrogen-bond donors (Lipinski definition) is 0. The molecule has 2 atom stereocenters. The topological polar surface area (TPSA) is 69.7 Å². The van der Waals surface area contributed by atoms with Crippen LogP contribution in [0.1, 0.15) is 36.7 Å². The monoisotopic (exact) mass is 416 g/mol. The van der Waals surface area contributed by atoms with Gasteiger partial charge in [-0.05, 0) is 31.5 Å². The Morgan fingerprint density at radius 3 is 2.21 bits per heavy atom. The van der Waals surface area contributed by atoms with Crippen molar-refractivity contribution in [3.05, 3.63) is 65.7 Å². The van der Waals surface area contributed by atoms with Crippen molar-refractivity contribution in [1.29, 1.82) is 0 Å². The summed E-state index contributed by atoms with van der Waals surface area (Å²) in [7, 11) is 0. The maximum absolute atomic E-state index is 12.4. The highest BCUT2D eigenvalue weighted by molar-refractivity contribution is 6.45. The second kappa shape index (κ2) is 10.2. The van der Waals surface area contributed by atoms with Gasteiger partial charge in [-0.2, -0.15) is 0 Å². The molecule has 2 aromatic carbocycles. The van der Waals surface area contributed by atoms with E-state index in [2.05, 4.69) is 0 Å². The van der Waals surface area contributed by atoms with Gasteiger partial charge in [0.1, 0.15) is 5.75 Å². The smallest absolute Gasteiger partial charge is 0.335 e. The van der Waals surface area contributed by atoms with Crippen LogP contribution in [0.25, 0.3) is 0 Å². The van der Waals surface area contributed by atoms with Crippen molar-refractivity contribution in [3.63, 3.8) is 0 Å². The second-order valence-electron chi connectivity index (χ2n) is 6.84. The van der Waals surface area contributed by atoms with E-state index in [1.54, 1.807) is 43.3 Å². The summed E-state index contributed by atoms with van der Waals surface area (Å²) in [4.78, 5) is 34.7. The Balaban J connectivity index is 1.98. The van der Waals surface area contributed by atoms with Crippen molar-refractivity contribution < 1.29 is 23.9 Å². The highest BCUT2D eigenvalue weighted by Crippen LogP contribution is 2.26. The number of carbonyl (C=O) groups excluding carboxylic acids is 3. The molecule has 0 heterocycles. The maximum Gasteiger partial charge on any atom is 0.335 e. The summed E-state index contributed by atoms with van der Waals surface area (Å²) in [5.41, 5.74) is 1.35. The van der Waals surface area contributed by atoms with Crippen LogP contribution in [0.15, 0.2) is 54.6 Å². The van der Waals surface area contributed by atoms with Gasteiger partial charge in [0, 0.05) is 12.0 Å². The van der Waals surface area contributed by atoms with E-state index in [-0.39, 0.29) is 31.3 Å². The standard InChI is InChI=1S/C23H25ClO5/c1-4-28-22(27)23(24,17(3)25)14-18-10-12-20(13-11-18)29-15-16(2)21(26)19-8-6-5-7-9-19/h5-13,16H,4,14-15H2,1-3H3. The van der Waals surface area contributed by atoms with E-state index in [9.17, 15) is 14.4 Å². The van der Waals surface area contributed by atoms with Crippen molar-refractivity contribution in [3.8, 4) is 5.75 Å². The van der Waals surface area contributed by atoms with Crippen LogP contribution in [-0.2, 0) is 20.7 Å². The van der Waals surface area contributed by atoms with E-state index >= 15 is 0 Å². The average Bonchev–Trinajstić information content (AvgIpc) is 2.73. The lowest BCUT2D eigenvalue weighted by atomic mass is 9.95. The minimum Gasteiger partial charge on any atom is -0.493 e. The molecule has 2 rings (SSSR count). The van der Waals surface area contributed by atoms with Gasteiger partial charge in [-0.15, -0.1) is 0 Å². The van der Waals surface area contributed by atoms with Crippen molar-refractivity contribution in [2.24, 2.45) is 5.92 Å². The molecule has 0 saturated carbocycles. The maximum atomic E-state index is 12.4. The SMILES string of the molecule is CCOC(=O)C(Cl)(Cc1ccc(OCC(C)C(=O)c2ccccc2)cc1)C(C)=O. The highest BCUT2D eigenvalue weighted by Gasteiger charge is 2.43. The molecule has 0 saturated heterocycles. The van der Waals surface area contributed by atoms with Gasteiger partial charge in [-0.1, -0.05) is 61.0 Å². The zero-order valence-electron chi connectivity index (χ0n) is 16.8. The summed E-state index contributed by atoms with van der Waals surface area (Å²) >= 11 is 6.28. The van der Waals surface area contributed by atoms with Gasteiger partial charge in [0.25, 0.3) is 0 Å². The number of halogens is 1. The molecular formula is C23H25ClO5. The fourth-order valence-electron chi connectivity index (χ4n) is 2.75. The fraction of sp³-hybridized carbons (Fsp3) is 0.348. The summed E-state index contributed by atoms with van der Waals surface area (Å²) in [6.07, 6.45) is 0.0197. The quantitative estimate of drug-likeness (QED) is 0.250. The number of rotatable bonds is 10. The van der Waals surface area contributed by atoms with Crippen molar-refractivity contribution in [2.75, 3.05) is 13.2 Å². The number of benzene rings is 2. The third-order valence-corrected chi connectivity index (χ3v) is 5.09. The van der Waals surface area contributed by atoms with Crippen molar-refractivity contribution in [2.45, 2.75) is 32.1 Å². The van der Waals surface area contributed by atoms with Crippen LogP contribution in [0, 0.1) is 5.92 Å². The third-order valence-electron chi connectivity index (χ3n) is 4.53. The Morgan fingerprint density at radius 1 is 1.03 bits per heavy atom. The molecule has 6 heteroatoms. The van der Waals surface area contributed by atoms with Gasteiger partial charge in [0.15, 0.2) is 11.6 Å². The fourth-order valence-corrected chi connectivity index (χ4v) is 2.96. The number of alkyl halides is 1. The molecule has 154 valence electrons. The molecular weight excluding hydrogens is 392 g/mol. The molecule has 0 amide bonds. The molecule has 0 aliphatic rings. The molecule has 0 N–H and O–H groups in total. The Morgan fingerprint density at radius 2 is 1.66 bits per heavy atom. The van der Waals surface area contributed by atoms with Gasteiger partial charge in [0.2, 0.25) is 4.87 Å². The van der Waals surface area contributed by atoms with Gasteiger partial charge < -0.3 is 9.47 Å². The Hall–Kier alpha value is -2.66. The average molecular weight is 417 g/mol. The molecule has 0 bridgehead atoms. The summed E-state index contributed by atoms with van der Waals surface area (Å²) < 4.78 is 10.7. The van der Waals surface area contributed by atoms with Crippen LogP contribution in [0.5, 0.6) is 5.75 Å². The molecule has 5 nitrogen and oxygen atoms in total. The van der Waals surface area contributed by atoms with Crippen LogP contribution < -0.4 is 4.74 Å². The van der Waals surface area contributed by atoms with Gasteiger partial charge in [-0.25, -0.2) is 4.79 Å². The number of ether oxygens (including phenoxy) is 2. The Labute approximate surface area is 176 Å². The minimum atomic E-state index is -1.74. The summed E-state index contributed by atoms with van der Waals surface area (Å²) in [5, 5.41) is 0. The summed E-state index contributed by atoms with van der Waals surface area (Å²) in [6.45, 7) is 5.13. The van der Waals surface area contributed by atoms with Crippen LogP contribution in [0.2, 0.25) is 0 Å². The number of esters is 1. The molecule has 29 heavy (non-hydrogen) atoms. The highest BCUT2D eigenvalue weighted by atomic mass is 35.5. The first-order valence-corrected chi connectivity index (χ1v) is 9.84. The van der Waals surface area contributed by atoms with Crippen molar-refractivity contribution >= 4 is 29.1 Å². The number of Topliss-reactive ketones (excluding diaryl/α,β-unsaturated/α-hetero) is 2. The summed E-state index contributed by atoms with van der Waals surface area (Å²) in [6, 6.07) is 16.0. The Bertz CT molecular complexity index is 847. The molecule has 2 aromatic rings. The first-order valence-electron chi connectivity index (χ1n) is 9.46. The van der Waals surface area contributed by atoms with Crippen LogP contribution in [0.4, 0.5) is 0 Å². The minimum absolute atomic E-state index is 0.0186. The molecule has 0 radical (unpaired) electrons. The van der Waals surface area contributed by atoms with E-state index in [0.29, 0.717) is 16.9 Å². The van der Waals surface area contributed by atoms with E-state index in [4.69, 9.17) is 21.1 Å². The third kappa shape index (κ3) is 5.91. The van der Waals surface area contributed by atoms with Crippen LogP contribution in [0.3, 0.4) is 0 Å². The van der Waals surface area contributed by atoms with E-state index in [1.165, 1.54) is 6.92 Å². The zero-order valence-corrected chi connectivity index (χ0v) is 17.6. The van der Waals surface area contributed by atoms with Gasteiger partial charge >= 0.3 is 5.97 Å². The van der Waals surface area contributed by atoms with Crippen LogP contribution in [-0.4, -0.2) is 35.6 Å². The van der Waals surface area contributed by atoms with E-state index < -0.39 is 16.6 Å². The van der Waals surface area contributed by atoms with E-state index in [1.807, 2.05) is 25.1 Å². The van der Waals surface area contributed by atoms with Gasteiger partial charge in [0.05, 0.1) is 19.1 Å². The molecule has 0 spiro atoms. The first-order chi connectivity index (χ1) is 13.8. The molecule has 0 aliphatic heterocycles. The molecule has 0 fully saturated rings. The largest absolute Gasteiger partial charge is 0.493 e. The Kier molecular flexibility index (Phi) is 7.97. The first kappa shape index (κ1) is 22.6. The summed E-state index contributed by atoms with van der Waals surface area (Å²) in [5.74, 6) is -0.909. The lowest BCUT2D eigenvalue weighted by Gasteiger charge is -2.22. The van der Waals surface area contributed by atoms with Crippen molar-refractivity contribution in [1.82, 2.24) is 0 Å². The lowest BCUT2D eigenvalue weighted by molar-refractivity contribution is -0.149. The number of ketones is 2. The van der Waals surface area contributed by atoms with Gasteiger partial charge in [-0.3, -0.25) is 9.59 Å². The number of carbonyl (C=O) groups is 3. The van der Waals surface area contributed by atoms with Crippen LogP contribution >= 0.6 is 11.6 Å². The number of hydrogen-bond acceptors (Lipinski definition) is 5.